The summed E-state index contributed by atoms with van der Waals surface area (Å²) in [5.41, 5.74) is 3.92. The van der Waals surface area contributed by atoms with Gasteiger partial charge in [0.1, 0.15) is 5.75 Å². The summed E-state index contributed by atoms with van der Waals surface area (Å²) in [6.45, 7) is 7.54. The first kappa shape index (κ1) is 20.5. The highest BCUT2D eigenvalue weighted by Crippen LogP contribution is 2.26. The molecule has 0 unspecified atom stereocenters. The molecule has 0 bridgehead atoms. The van der Waals surface area contributed by atoms with Gasteiger partial charge in [-0.25, -0.2) is 4.79 Å². The summed E-state index contributed by atoms with van der Waals surface area (Å²) >= 11 is 0. The van der Waals surface area contributed by atoms with Gasteiger partial charge in [-0.15, -0.1) is 0 Å². The van der Waals surface area contributed by atoms with Gasteiger partial charge in [-0.2, -0.15) is 0 Å². The van der Waals surface area contributed by atoms with E-state index in [1.54, 1.807) is 0 Å². The summed E-state index contributed by atoms with van der Waals surface area (Å²) in [4.78, 5) is 24.0. The SMILES string of the molecule is CC[C@@H](C)c1ccccc1NC(=O)COC(=O)COc1cc(C)cc(C)c1. The van der Waals surface area contributed by atoms with Crippen LogP contribution < -0.4 is 10.1 Å². The highest BCUT2D eigenvalue weighted by Gasteiger charge is 2.13. The van der Waals surface area contributed by atoms with Crippen LogP contribution >= 0.6 is 0 Å². The number of hydrogen-bond donors (Lipinski definition) is 1. The molecule has 2 rings (SSSR count). The van der Waals surface area contributed by atoms with Crippen molar-refractivity contribution in [2.75, 3.05) is 18.5 Å². The molecular formula is C22H27NO4. The van der Waals surface area contributed by atoms with Crippen LogP contribution in [0.1, 0.15) is 42.9 Å². The van der Waals surface area contributed by atoms with Crippen molar-refractivity contribution in [3.05, 3.63) is 59.2 Å². The quantitative estimate of drug-likeness (QED) is 0.702. The van der Waals surface area contributed by atoms with Crippen LogP contribution in [0.25, 0.3) is 0 Å². The lowest BCUT2D eigenvalue weighted by atomic mass is 9.97. The molecule has 0 heterocycles. The van der Waals surface area contributed by atoms with Gasteiger partial charge in [-0.1, -0.05) is 38.1 Å². The largest absolute Gasteiger partial charge is 0.482 e. The summed E-state index contributed by atoms with van der Waals surface area (Å²) in [7, 11) is 0. The minimum Gasteiger partial charge on any atom is -0.482 e. The van der Waals surface area contributed by atoms with Crippen molar-refractivity contribution in [2.45, 2.75) is 40.0 Å². The number of aryl methyl sites for hydroxylation is 2. The van der Waals surface area contributed by atoms with Gasteiger partial charge in [0.25, 0.3) is 5.91 Å². The van der Waals surface area contributed by atoms with Crippen LogP contribution in [0.5, 0.6) is 5.75 Å². The number of para-hydroxylation sites is 1. The Bertz CT molecular complexity index is 780. The van der Waals surface area contributed by atoms with Crippen LogP contribution in [0.2, 0.25) is 0 Å². The Hall–Kier alpha value is -2.82. The number of nitrogens with one attached hydrogen (secondary N) is 1. The minimum absolute atomic E-state index is 0.236. The second-order valence-corrected chi connectivity index (χ2v) is 6.72. The molecule has 0 aliphatic rings. The molecule has 0 aromatic heterocycles. The van der Waals surface area contributed by atoms with Crippen molar-refractivity contribution in [1.82, 2.24) is 0 Å². The summed E-state index contributed by atoms with van der Waals surface area (Å²) < 4.78 is 10.4. The maximum absolute atomic E-state index is 12.1. The van der Waals surface area contributed by atoms with Crippen LogP contribution in [0, 0.1) is 13.8 Å². The normalized spacial score (nSPS) is 11.6. The molecule has 0 spiro atoms. The molecular weight excluding hydrogens is 342 g/mol. The highest BCUT2D eigenvalue weighted by atomic mass is 16.6. The smallest absolute Gasteiger partial charge is 0.344 e. The first-order valence-corrected chi connectivity index (χ1v) is 9.14. The van der Waals surface area contributed by atoms with Crippen molar-refractivity contribution < 1.29 is 19.1 Å². The van der Waals surface area contributed by atoms with Gasteiger partial charge < -0.3 is 14.8 Å². The Morgan fingerprint density at radius 2 is 1.70 bits per heavy atom. The number of amides is 1. The molecule has 2 aromatic carbocycles. The molecule has 1 atom stereocenters. The number of esters is 1. The lowest BCUT2D eigenvalue weighted by molar-refractivity contribution is -0.149. The monoisotopic (exact) mass is 369 g/mol. The molecule has 0 fully saturated rings. The number of hydrogen-bond acceptors (Lipinski definition) is 4. The predicted octanol–water partition coefficient (Wildman–Crippen LogP) is 4.38. The molecule has 0 aliphatic carbocycles. The van der Waals surface area contributed by atoms with Crippen molar-refractivity contribution in [2.24, 2.45) is 0 Å². The van der Waals surface area contributed by atoms with E-state index < -0.39 is 5.97 Å². The van der Waals surface area contributed by atoms with Gasteiger partial charge in [0.15, 0.2) is 13.2 Å². The first-order chi connectivity index (χ1) is 12.9. The van der Waals surface area contributed by atoms with Crippen LogP contribution in [-0.2, 0) is 14.3 Å². The van der Waals surface area contributed by atoms with E-state index in [0.29, 0.717) is 11.7 Å². The Kier molecular flexibility index (Phi) is 7.41. The Balaban J connectivity index is 1.82. The third-order valence-corrected chi connectivity index (χ3v) is 4.29. The number of rotatable bonds is 8. The van der Waals surface area contributed by atoms with E-state index in [4.69, 9.17) is 9.47 Å². The molecule has 5 nitrogen and oxygen atoms in total. The zero-order valence-electron chi connectivity index (χ0n) is 16.4. The first-order valence-electron chi connectivity index (χ1n) is 9.14. The van der Waals surface area contributed by atoms with Crippen LogP contribution in [0.3, 0.4) is 0 Å². The van der Waals surface area contributed by atoms with Crippen LogP contribution in [0.15, 0.2) is 42.5 Å². The maximum Gasteiger partial charge on any atom is 0.344 e. The van der Waals surface area contributed by atoms with Crippen molar-refractivity contribution >= 4 is 17.6 Å². The van der Waals surface area contributed by atoms with Crippen molar-refractivity contribution in [3.8, 4) is 5.75 Å². The fraction of sp³-hybridized carbons (Fsp3) is 0.364. The predicted molar refractivity (Wildman–Crippen MR) is 106 cm³/mol. The summed E-state index contributed by atoms with van der Waals surface area (Å²) in [6.07, 6.45) is 0.970. The van der Waals surface area contributed by atoms with Crippen LogP contribution in [0.4, 0.5) is 5.69 Å². The number of anilines is 1. The molecule has 0 saturated carbocycles. The molecule has 1 N–H and O–H groups in total. The van der Waals surface area contributed by atoms with Crippen LogP contribution in [-0.4, -0.2) is 25.1 Å². The molecule has 27 heavy (non-hydrogen) atoms. The summed E-state index contributed by atoms with van der Waals surface area (Å²) in [5, 5.41) is 2.81. The molecule has 0 aliphatic heterocycles. The van der Waals surface area contributed by atoms with E-state index in [9.17, 15) is 9.59 Å². The maximum atomic E-state index is 12.1. The fourth-order valence-corrected chi connectivity index (χ4v) is 2.79. The molecule has 2 aromatic rings. The second-order valence-electron chi connectivity index (χ2n) is 6.72. The van der Waals surface area contributed by atoms with Gasteiger partial charge in [-0.05, 0) is 61.1 Å². The third-order valence-electron chi connectivity index (χ3n) is 4.29. The molecule has 0 saturated heterocycles. The molecule has 1 amide bonds. The van der Waals surface area contributed by atoms with Gasteiger partial charge in [0, 0.05) is 5.69 Å². The van der Waals surface area contributed by atoms with E-state index in [-0.39, 0.29) is 19.1 Å². The van der Waals surface area contributed by atoms with E-state index in [2.05, 4.69) is 19.2 Å². The van der Waals surface area contributed by atoms with E-state index in [0.717, 1.165) is 28.8 Å². The molecule has 5 heteroatoms. The number of carbonyl (C=O) groups is 2. The summed E-state index contributed by atoms with van der Waals surface area (Å²) in [5.74, 6) is -0.0170. The summed E-state index contributed by atoms with van der Waals surface area (Å²) in [6, 6.07) is 13.4. The average Bonchev–Trinajstić information content (AvgIpc) is 2.64. The Labute approximate surface area is 160 Å². The zero-order chi connectivity index (χ0) is 19.8. The average molecular weight is 369 g/mol. The number of ether oxygens (including phenoxy) is 2. The van der Waals surface area contributed by atoms with E-state index >= 15 is 0 Å². The Morgan fingerprint density at radius 1 is 1.04 bits per heavy atom. The lowest BCUT2D eigenvalue weighted by Gasteiger charge is -2.15. The van der Waals surface area contributed by atoms with E-state index in [1.807, 2.05) is 56.3 Å². The molecule has 0 radical (unpaired) electrons. The Morgan fingerprint density at radius 3 is 2.37 bits per heavy atom. The minimum atomic E-state index is -0.584. The number of benzene rings is 2. The molecule has 144 valence electrons. The second kappa shape index (κ2) is 9.76. The standard InChI is InChI=1S/C22H27NO4/c1-5-17(4)19-8-6-7-9-20(19)23-21(24)13-27-22(25)14-26-18-11-15(2)10-16(3)12-18/h6-12,17H,5,13-14H2,1-4H3,(H,23,24)/t17-/m1/s1. The van der Waals surface area contributed by atoms with Gasteiger partial charge in [0.2, 0.25) is 0 Å². The van der Waals surface area contributed by atoms with Crippen molar-refractivity contribution in [3.63, 3.8) is 0 Å². The highest BCUT2D eigenvalue weighted by molar-refractivity contribution is 5.93. The fourth-order valence-electron chi connectivity index (χ4n) is 2.79. The van der Waals surface area contributed by atoms with Gasteiger partial charge >= 0.3 is 5.97 Å². The number of carbonyl (C=O) groups excluding carboxylic acids is 2. The van der Waals surface area contributed by atoms with Gasteiger partial charge in [0.05, 0.1) is 0 Å². The van der Waals surface area contributed by atoms with E-state index in [1.165, 1.54) is 0 Å². The van der Waals surface area contributed by atoms with Crippen molar-refractivity contribution in [1.29, 1.82) is 0 Å². The third kappa shape index (κ3) is 6.44. The topological polar surface area (TPSA) is 64.6 Å². The zero-order valence-corrected chi connectivity index (χ0v) is 16.4. The lowest BCUT2D eigenvalue weighted by Crippen LogP contribution is -2.24. The van der Waals surface area contributed by atoms with Gasteiger partial charge in [-0.3, -0.25) is 4.79 Å².